The van der Waals surface area contributed by atoms with E-state index >= 15 is 0 Å². The van der Waals surface area contributed by atoms with E-state index in [4.69, 9.17) is 0 Å². The highest BCUT2D eigenvalue weighted by molar-refractivity contribution is 5.62. The Labute approximate surface area is 107 Å². The Morgan fingerprint density at radius 2 is 1.50 bits per heavy atom. The van der Waals surface area contributed by atoms with Crippen molar-refractivity contribution in [2.24, 2.45) is 10.2 Å². The van der Waals surface area contributed by atoms with Crippen LogP contribution in [0.2, 0.25) is 0 Å². The van der Waals surface area contributed by atoms with E-state index in [0.29, 0.717) is 0 Å². The molecule has 0 aliphatic rings. The molecule has 0 saturated carbocycles. The minimum absolute atomic E-state index is 0.819. The van der Waals surface area contributed by atoms with Crippen LogP contribution in [-0.4, -0.2) is 0 Å². The summed E-state index contributed by atoms with van der Waals surface area (Å²) in [4.78, 5) is 0. The van der Waals surface area contributed by atoms with Gasteiger partial charge in [-0.3, -0.25) is 0 Å². The summed E-state index contributed by atoms with van der Waals surface area (Å²) in [6.45, 7) is 7.47. The van der Waals surface area contributed by atoms with Crippen LogP contribution in [-0.2, 0) is 0 Å². The van der Waals surface area contributed by atoms with Crippen molar-refractivity contribution in [3.8, 4) is 0 Å². The molecule has 2 nitrogen and oxygen atoms in total. The number of nitrogens with zero attached hydrogens (tertiary/aromatic N) is 2. The zero-order chi connectivity index (χ0) is 12.8. The molecule has 0 saturated heterocycles. The molecule has 0 unspecified atom stereocenters. The molecule has 2 rings (SSSR count). The van der Waals surface area contributed by atoms with Crippen LogP contribution in [0.1, 0.15) is 11.1 Å². The van der Waals surface area contributed by atoms with Crippen molar-refractivity contribution in [3.63, 3.8) is 0 Å². The predicted octanol–water partition coefficient (Wildman–Crippen LogP) is 5.39. The Balaban J connectivity index is 2.24. The summed E-state index contributed by atoms with van der Waals surface area (Å²) in [5, 5.41) is 8.43. The van der Waals surface area contributed by atoms with Crippen LogP contribution in [0.15, 0.2) is 71.9 Å². The lowest BCUT2D eigenvalue weighted by molar-refractivity contribution is 1.23. The molecular weight excluding hydrogens is 220 g/mol. The molecule has 0 aromatic heterocycles. The SMILES string of the molecule is C=Cc1ccc(N=Nc2ccccc2C=C)cc1. The number of rotatable bonds is 4. The van der Waals surface area contributed by atoms with Crippen LogP contribution in [0.25, 0.3) is 12.2 Å². The summed E-state index contributed by atoms with van der Waals surface area (Å²) >= 11 is 0. The van der Waals surface area contributed by atoms with Gasteiger partial charge in [-0.25, -0.2) is 0 Å². The highest BCUT2D eigenvalue weighted by atomic mass is 15.1. The summed E-state index contributed by atoms with van der Waals surface area (Å²) < 4.78 is 0. The van der Waals surface area contributed by atoms with E-state index in [2.05, 4.69) is 23.4 Å². The van der Waals surface area contributed by atoms with Crippen LogP contribution in [0.3, 0.4) is 0 Å². The molecular formula is C16H14N2. The lowest BCUT2D eigenvalue weighted by atomic mass is 10.2. The molecule has 18 heavy (non-hydrogen) atoms. The van der Waals surface area contributed by atoms with E-state index in [1.54, 1.807) is 12.2 Å². The number of hydrogen-bond donors (Lipinski definition) is 0. The highest BCUT2D eigenvalue weighted by Crippen LogP contribution is 2.23. The van der Waals surface area contributed by atoms with Crippen LogP contribution in [0.5, 0.6) is 0 Å². The van der Waals surface area contributed by atoms with Crippen LogP contribution in [0, 0.1) is 0 Å². The number of benzene rings is 2. The number of hydrogen-bond acceptors (Lipinski definition) is 2. The van der Waals surface area contributed by atoms with Gasteiger partial charge in [-0.05, 0) is 23.8 Å². The van der Waals surface area contributed by atoms with E-state index in [1.165, 1.54) is 0 Å². The molecule has 0 radical (unpaired) electrons. The van der Waals surface area contributed by atoms with Crippen molar-refractivity contribution >= 4 is 23.5 Å². The zero-order valence-corrected chi connectivity index (χ0v) is 10.1. The molecule has 0 aliphatic heterocycles. The first-order valence-corrected chi connectivity index (χ1v) is 5.69. The lowest BCUT2D eigenvalue weighted by Crippen LogP contribution is -1.72. The molecule has 0 aliphatic carbocycles. The van der Waals surface area contributed by atoms with Crippen LogP contribution in [0.4, 0.5) is 11.4 Å². The molecule has 0 N–H and O–H groups in total. The van der Waals surface area contributed by atoms with Crippen molar-refractivity contribution in [1.29, 1.82) is 0 Å². The monoisotopic (exact) mass is 234 g/mol. The van der Waals surface area contributed by atoms with E-state index in [0.717, 1.165) is 22.5 Å². The minimum atomic E-state index is 0.819. The largest absolute Gasteiger partial charge is 0.151 e. The molecule has 2 aromatic rings. The van der Waals surface area contributed by atoms with Gasteiger partial charge in [-0.2, -0.15) is 5.11 Å². The minimum Gasteiger partial charge on any atom is -0.151 e. The Morgan fingerprint density at radius 3 is 2.17 bits per heavy atom. The van der Waals surface area contributed by atoms with Gasteiger partial charge >= 0.3 is 0 Å². The topological polar surface area (TPSA) is 24.7 Å². The molecule has 88 valence electrons. The van der Waals surface area contributed by atoms with Gasteiger partial charge in [0.15, 0.2) is 0 Å². The molecule has 0 atom stereocenters. The maximum Gasteiger partial charge on any atom is 0.0929 e. The van der Waals surface area contributed by atoms with Gasteiger partial charge in [0.05, 0.1) is 11.4 Å². The lowest BCUT2D eigenvalue weighted by Gasteiger charge is -1.98. The third kappa shape index (κ3) is 2.80. The predicted molar refractivity (Wildman–Crippen MR) is 77.2 cm³/mol. The van der Waals surface area contributed by atoms with E-state index in [-0.39, 0.29) is 0 Å². The highest BCUT2D eigenvalue weighted by Gasteiger charge is 1.95. The summed E-state index contributed by atoms with van der Waals surface area (Å²) in [5.74, 6) is 0. The summed E-state index contributed by atoms with van der Waals surface area (Å²) in [6, 6.07) is 15.5. The second kappa shape index (κ2) is 5.73. The molecule has 0 bridgehead atoms. The van der Waals surface area contributed by atoms with Crippen LogP contribution >= 0.6 is 0 Å². The Bertz CT molecular complexity index is 580. The number of azo groups is 1. The fraction of sp³-hybridized carbons (Fsp3) is 0. The summed E-state index contributed by atoms with van der Waals surface area (Å²) in [7, 11) is 0. The maximum absolute atomic E-state index is 4.23. The normalized spacial score (nSPS) is 10.4. The summed E-state index contributed by atoms with van der Waals surface area (Å²) in [6.07, 6.45) is 3.57. The molecule has 2 heteroatoms. The van der Waals surface area contributed by atoms with Crippen molar-refractivity contribution in [3.05, 3.63) is 72.8 Å². The van der Waals surface area contributed by atoms with Crippen molar-refractivity contribution in [2.45, 2.75) is 0 Å². The van der Waals surface area contributed by atoms with Crippen molar-refractivity contribution in [2.75, 3.05) is 0 Å². The molecule has 0 amide bonds. The van der Waals surface area contributed by atoms with Crippen molar-refractivity contribution in [1.82, 2.24) is 0 Å². The van der Waals surface area contributed by atoms with Gasteiger partial charge in [0.25, 0.3) is 0 Å². The fourth-order valence-corrected chi connectivity index (χ4v) is 1.54. The van der Waals surface area contributed by atoms with E-state index in [9.17, 15) is 0 Å². The van der Waals surface area contributed by atoms with Gasteiger partial charge < -0.3 is 0 Å². The first-order valence-electron chi connectivity index (χ1n) is 5.69. The zero-order valence-electron chi connectivity index (χ0n) is 10.1. The second-order valence-electron chi connectivity index (χ2n) is 3.76. The fourth-order valence-electron chi connectivity index (χ4n) is 1.54. The van der Waals surface area contributed by atoms with Gasteiger partial charge in [0, 0.05) is 5.56 Å². The first kappa shape index (κ1) is 12.0. The van der Waals surface area contributed by atoms with Crippen LogP contribution < -0.4 is 0 Å². The summed E-state index contributed by atoms with van der Waals surface area (Å²) in [5.41, 5.74) is 3.68. The molecule has 0 spiro atoms. The second-order valence-corrected chi connectivity index (χ2v) is 3.76. The van der Waals surface area contributed by atoms with Gasteiger partial charge in [0.1, 0.15) is 0 Å². The first-order chi connectivity index (χ1) is 8.83. The quantitative estimate of drug-likeness (QED) is 0.634. The van der Waals surface area contributed by atoms with Gasteiger partial charge in [-0.15, -0.1) is 5.11 Å². The molecule has 0 heterocycles. The standard InChI is InChI=1S/C16H14N2/c1-3-13-9-11-15(12-10-13)17-18-16-8-6-5-7-14(16)4-2/h3-12H,1-2H2. The smallest absolute Gasteiger partial charge is 0.0929 e. The molecule has 0 fully saturated rings. The third-order valence-corrected chi connectivity index (χ3v) is 2.56. The maximum atomic E-state index is 4.23. The van der Waals surface area contributed by atoms with Crippen molar-refractivity contribution < 1.29 is 0 Å². The average molecular weight is 234 g/mol. The Hall–Kier alpha value is -2.48. The Kier molecular flexibility index (Phi) is 3.82. The Morgan fingerprint density at radius 1 is 0.778 bits per heavy atom. The molecule has 2 aromatic carbocycles. The van der Waals surface area contributed by atoms with E-state index < -0.39 is 0 Å². The van der Waals surface area contributed by atoms with Gasteiger partial charge in [-0.1, -0.05) is 55.6 Å². The third-order valence-electron chi connectivity index (χ3n) is 2.56. The van der Waals surface area contributed by atoms with E-state index in [1.807, 2.05) is 48.5 Å². The van der Waals surface area contributed by atoms with Gasteiger partial charge in [0.2, 0.25) is 0 Å². The average Bonchev–Trinajstić information content (AvgIpc) is 2.46.